The Hall–Kier alpha value is -1.88. The third kappa shape index (κ3) is 4.06. The Labute approximate surface area is 113 Å². The predicted octanol–water partition coefficient (Wildman–Crippen LogP) is 1.82. The molecule has 5 nitrogen and oxygen atoms in total. The maximum Gasteiger partial charge on any atom is 0.119 e. The van der Waals surface area contributed by atoms with E-state index in [9.17, 15) is 0 Å². The molecule has 0 unspecified atom stereocenters. The molecular formula is C14H20N4O. The number of nitrogens with two attached hydrogens (primary N) is 1. The molecule has 0 saturated carbocycles. The van der Waals surface area contributed by atoms with Crippen LogP contribution in [0, 0.1) is 5.92 Å². The maximum absolute atomic E-state index is 5.64. The van der Waals surface area contributed by atoms with Crippen LogP contribution in [0.1, 0.15) is 25.1 Å². The van der Waals surface area contributed by atoms with Gasteiger partial charge in [-0.1, -0.05) is 31.2 Å². The van der Waals surface area contributed by atoms with Crippen molar-refractivity contribution < 1.29 is 4.74 Å². The summed E-state index contributed by atoms with van der Waals surface area (Å²) in [5.74, 6) is 1.43. The first kappa shape index (κ1) is 13.5. The van der Waals surface area contributed by atoms with Crippen molar-refractivity contribution >= 4 is 0 Å². The van der Waals surface area contributed by atoms with Gasteiger partial charge in [0.25, 0.3) is 0 Å². The van der Waals surface area contributed by atoms with Crippen LogP contribution in [0.4, 0.5) is 0 Å². The highest BCUT2D eigenvalue weighted by Gasteiger charge is 2.01. The summed E-state index contributed by atoms with van der Waals surface area (Å²) in [6, 6.07) is 8.05. The molecule has 5 heteroatoms. The Morgan fingerprint density at radius 1 is 1.26 bits per heavy atom. The summed E-state index contributed by atoms with van der Waals surface area (Å²) in [5, 5.41) is 7.98. The van der Waals surface area contributed by atoms with Crippen LogP contribution in [0.2, 0.25) is 0 Å². The van der Waals surface area contributed by atoms with E-state index in [1.54, 1.807) is 4.68 Å². The van der Waals surface area contributed by atoms with Crippen LogP contribution in [0.25, 0.3) is 0 Å². The second-order valence-corrected chi connectivity index (χ2v) is 4.96. The van der Waals surface area contributed by atoms with Crippen molar-refractivity contribution in [1.29, 1.82) is 0 Å². The van der Waals surface area contributed by atoms with Crippen molar-refractivity contribution in [3.05, 3.63) is 41.7 Å². The Morgan fingerprint density at radius 3 is 2.58 bits per heavy atom. The van der Waals surface area contributed by atoms with Crippen LogP contribution in [-0.2, 0) is 13.1 Å². The van der Waals surface area contributed by atoms with Gasteiger partial charge < -0.3 is 10.5 Å². The lowest BCUT2D eigenvalue weighted by atomic mass is 10.2. The van der Waals surface area contributed by atoms with Crippen LogP contribution in [0.15, 0.2) is 30.5 Å². The van der Waals surface area contributed by atoms with Crippen molar-refractivity contribution in [2.45, 2.75) is 26.9 Å². The molecule has 0 amide bonds. The average Bonchev–Trinajstić information content (AvgIpc) is 2.85. The van der Waals surface area contributed by atoms with Gasteiger partial charge in [-0.05, 0) is 23.6 Å². The Kier molecular flexibility index (Phi) is 4.52. The fourth-order valence-corrected chi connectivity index (χ4v) is 1.65. The highest BCUT2D eigenvalue weighted by Crippen LogP contribution is 2.14. The van der Waals surface area contributed by atoms with Crippen molar-refractivity contribution in [3.63, 3.8) is 0 Å². The van der Waals surface area contributed by atoms with E-state index in [-0.39, 0.29) is 0 Å². The predicted molar refractivity (Wildman–Crippen MR) is 73.8 cm³/mol. The monoisotopic (exact) mass is 260 g/mol. The molecule has 1 aromatic heterocycles. The van der Waals surface area contributed by atoms with Gasteiger partial charge >= 0.3 is 0 Å². The normalized spacial score (nSPS) is 10.9. The van der Waals surface area contributed by atoms with E-state index < -0.39 is 0 Å². The molecule has 0 atom stereocenters. The van der Waals surface area contributed by atoms with E-state index in [1.165, 1.54) is 0 Å². The minimum atomic E-state index is 0.419. The van der Waals surface area contributed by atoms with Gasteiger partial charge in [0.15, 0.2) is 0 Å². The summed E-state index contributed by atoms with van der Waals surface area (Å²) in [6.07, 6.45) is 1.86. The average molecular weight is 260 g/mol. The summed E-state index contributed by atoms with van der Waals surface area (Å²) in [6.45, 7) is 6.12. The molecule has 1 aromatic carbocycles. The summed E-state index contributed by atoms with van der Waals surface area (Å²) in [7, 11) is 0. The van der Waals surface area contributed by atoms with Gasteiger partial charge in [-0.3, -0.25) is 0 Å². The second-order valence-electron chi connectivity index (χ2n) is 4.96. The van der Waals surface area contributed by atoms with Gasteiger partial charge in [-0.15, -0.1) is 5.10 Å². The lowest BCUT2D eigenvalue weighted by molar-refractivity contribution is 0.271. The number of hydrogen-bond acceptors (Lipinski definition) is 4. The fourth-order valence-electron chi connectivity index (χ4n) is 1.65. The second kappa shape index (κ2) is 6.33. The third-order valence-corrected chi connectivity index (χ3v) is 2.65. The van der Waals surface area contributed by atoms with Crippen molar-refractivity contribution in [2.24, 2.45) is 11.7 Å². The first-order chi connectivity index (χ1) is 9.17. The topological polar surface area (TPSA) is 66.0 Å². The van der Waals surface area contributed by atoms with Crippen molar-refractivity contribution in [3.8, 4) is 5.75 Å². The molecule has 1 heterocycles. The number of aromatic nitrogens is 3. The fraction of sp³-hybridized carbons (Fsp3) is 0.429. The standard InChI is InChI=1S/C14H20N4O/c1-11(2)10-19-14-5-3-12(4-6-14)8-18-9-13(7-15)16-17-18/h3-6,9,11H,7-8,10,15H2,1-2H3. The van der Waals surface area contributed by atoms with Crippen LogP contribution < -0.4 is 10.5 Å². The Balaban J connectivity index is 1.94. The van der Waals surface area contributed by atoms with Crippen molar-refractivity contribution in [2.75, 3.05) is 6.61 Å². The molecule has 19 heavy (non-hydrogen) atoms. The van der Waals surface area contributed by atoms with Gasteiger partial charge in [0.2, 0.25) is 0 Å². The number of rotatable bonds is 6. The third-order valence-electron chi connectivity index (χ3n) is 2.65. The zero-order valence-electron chi connectivity index (χ0n) is 11.4. The highest BCUT2D eigenvalue weighted by atomic mass is 16.5. The molecule has 0 saturated heterocycles. The maximum atomic E-state index is 5.64. The molecule has 102 valence electrons. The Morgan fingerprint density at radius 2 is 2.00 bits per heavy atom. The molecule has 0 aliphatic carbocycles. The summed E-state index contributed by atoms with van der Waals surface area (Å²) in [4.78, 5) is 0. The molecule has 0 aliphatic heterocycles. The van der Waals surface area contributed by atoms with E-state index in [2.05, 4.69) is 24.2 Å². The zero-order chi connectivity index (χ0) is 13.7. The summed E-state index contributed by atoms with van der Waals surface area (Å²) >= 11 is 0. The van der Waals surface area contributed by atoms with Gasteiger partial charge in [0.1, 0.15) is 5.75 Å². The number of ether oxygens (including phenoxy) is 1. The van der Waals surface area contributed by atoms with Crippen LogP contribution in [0.3, 0.4) is 0 Å². The molecule has 0 radical (unpaired) electrons. The summed E-state index contributed by atoms with van der Waals surface area (Å²) < 4.78 is 7.43. The smallest absolute Gasteiger partial charge is 0.119 e. The van der Waals surface area contributed by atoms with Gasteiger partial charge in [0.05, 0.1) is 25.0 Å². The molecule has 0 spiro atoms. The lowest BCUT2D eigenvalue weighted by Crippen LogP contribution is -2.05. The van der Waals surface area contributed by atoms with Gasteiger partial charge in [-0.25, -0.2) is 4.68 Å². The van der Waals surface area contributed by atoms with Crippen LogP contribution in [-0.4, -0.2) is 21.6 Å². The first-order valence-corrected chi connectivity index (χ1v) is 6.48. The first-order valence-electron chi connectivity index (χ1n) is 6.48. The minimum absolute atomic E-state index is 0.419. The zero-order valence-corrected chi connectivity index (χ0v) is 11.4. The van der Waals surface area contributed by atoms with Gasteiger partial charge in [-0.2, -0.15) is 0 Å². The number of hydrogen-bond donors (Lipinski definition) is 1. The lowest BCUT2D eigenvalue weighted by Gasteiger charge is -2.09. The van der Waals surface area contributed by atoms with E-state index >= 15 is 0 Å². The summed E-state index contributed by atoms with van der Waals surface area (Å²) in [5.41, 5.74) is 7.46. The van der Waals surface area contributed by atoms with Gasteiger partial charge in [0, 0.05) is 6.54 Å². The molecule has 2 rings (SSSR count). The number of benzene rings is 1. The molecule has 2 N–H and O–H groups in total. The molecule has 0 bridgehead atoms. The van der Waals surface area contributed by atoms with Crippen molar-refractivity contribution in [1.82, 2.24) is 15.0 Å². The quantitative estimate of drug-likeness (QED) is 0.860. The Bertz CT molecular complexity index is 504. The van der Waals surface area contributed by atoms with Crippen LogP contribution >= 0.6 is 0 Å². The number of nitrogens with zero attached hydrogens (tertiary/aromatic N) is 3. The van der Waals surface area contributed by atoms with E-state index in [0.717, 1.165) is 23.6 Å². The molecule has 2 aromatic rings. The van der Waals surface area contributed by atoms with E-state index in [1.807, 2.05) is 30.5 Å². The SMILES string of the molecule is CC(C)COc1ccc(Cn2cc(CN)nn2)cc1. The molecule has 0 aliphatic rings. The van der Waals surface area contributed by atoms with Crippen LogP contribution in [0.5, 0.6) is 5.75 Å². The largest absolute Gasteiger partial charge is 0.493 e. The minimum Gasteiger partial charge on any atom is -0.493 e. The molecular weight excluding hydrogens is 240 g/mol. The van der Waals surface area contributed by atoms with E-state index in [4.69, 9.17) is 10.5 Å². The molecule has 0 fully saturated rings. The highest BCUT2D eigenvalue weighted by molar-refractivity contribution is 5.27. The van der Waals surface area contributed by atoms with E-state index in [0.29, 0.717) is 19.0 Å².